The van der Waals surface area contributed by atoms with Gasteiger partial charge in [0.05, 0.1) is 26.1 Å². The predicted octanol–water partition coefficient (Wildman–Crippen LogP) is 9.47. The van der Waals surface area contributed by atoms with Gasteiger partial charge in [0.15, 0.2) is 0 Å². The van der Waals surface area contributed by atoms with E-state index in [1.54, 1.807) is 0 Å². The summed E-state index contributed by atoms with van der Waals surface area (Å²) in [5, 5.41) is 0. The average molecular weight is 893 g/mol. The summed E-state index contributed by atoms with van der Waals surface area (Å²) in [6.45, 7) is 15.3. The van der Waals surface area contributed by atoms with Gasteiger partial charge in [-0.3, -0.25) is 19.4 Å². The maximum atomic E-state index is 11.9. The van der Waals surface area contributed by atoms with Crippen LogP contribution in [-0.2, 0) is 19.1 Å². The van der Waals surface area contributed by atoms with Crippen molar-refractivity contribution < 1.29 is 19.1 Å². The second kappa shape index (κ2) is 27.5. The number of ether oxygens (including phenoxy) is 2. The molecule has 10 nitrogen and oxygen atoms in total. The Hall–Kier alpha value is -2.80. The zero-order valence-electron chi connectivity index (χ0n) is 38.5. The molecular formula is C50H80N6O4S2. The normalized spacial score (nSPS) is 18.7. The van der Waals surface area contributed by atoms with Crippen molar-refractivity contribution in [2.75, 3.05) is 137 Å². The lowest BCUT2D eigenvalue weighted by molar-refractivity contribution is -0.146. The van der Waals surface area contributed by atoms with Crippen molar-refractivity contribution >= 4 is 56.3 Å². The number of carbonyl (C=O) groups excluding carboxylic acids is 2. The number of nitrogens with zero attached hydrogens (tertiary/aromatic N) is 6. The molecule has 4 aliphatic heterocycles. The number of unbranched alkanes of at least 4 members (excludes halogenated alkanes) is 10. The Balaban J connectivity index is 0.666. The molecule has 0 unspecified atom stereocenters. The molecule has 0 bridgehead atoms. The van der Waals surface area contributed by atoms with E-state index in [-0.39, 0.29) is 23.8 Å². The third-order valence-electron chi connectivity index (χ3n) is 14.0. The standard InChI is InChI=1S/C50H80N6O4S2/c1-59-49(57)43-23-29-53(30-24-43)45-15-19-47(20-16-45)55-37-33-51(34-38-55)27-11-7-3-5-9-13-41-61-62-42-14-10-6-4-8-12-28-52-35-39-56(40-36-52)48-21-17-46(18-22-48)54-31-25-44(26-32-54)50(58)60-2/h15-22,43-44H,3-14,23-42H2,1-2H3. The number of methoxy groups -OCH3 is 2. The van der Waals surface area contributed by atoms with E-state index < -0.39 is 0 Å². The average Bonchev–Trinajstić information content (AvgIpc) is 3.33. The highest BCUT2D eigenvalue weighted by atomic mass is 33.1. The number of anilines is 4. The van der Waals surface area contributed by atoms with Crippen molar-refractivity contribution in [3.63, 3.8) is 0 Å². The fourth-order valence-corrected chi connectivity index (χ4v) is 12.1. The molecule has 62 heavy (non-hydrogen) atoms. The number of hydrogen-bond acceptors (Lipinski definition) is 12. The summed E-state index contributed by atoms with van der Waals surface area (Å²) < 4.78 is 9.89. The highest BCUT2D eigenvalue weighted by Gasteiger charge is 2.27. The molecule has 4 aliphatic rings. The summed E-state index contributed by atoms with van der Waals surface area (Å²) in [4.78, 5) is 38.9. The summed E-state index contributed by atoms with van der Waals surface area (Å²) in [6, 6.07) is 18.2. The molecule has 0 spiro atoms. The minimum absolute atomic E-state index is 0.0551. The molecule has 346 valence electrons. The Morgan fingerprint density at radius 1 is 0.419 bits per heavy atom. The molecule has 0 aliphatic carbocycles. The van der Waals surface area contributed by atoms with Crippen molar-refractivity contribution in [1.82, 2.24) is 9.80 Å². The van der Waals surface area contributed by atoms with E-state index in [0.717, 1.165) is 78.0 Å². The van der Waals surface area contributed by atoms with Crippen LogP contribution in [0.3, 0.4) is 0 Å². The molecule has 2 aromatic rings. The molecule has 0 saturated carbocycles. The first kappa shape index (κ1) is 48.7. The zero-order valence-corrected chi connectivity index (χ0v) is 40.2. The molecular weight excluding hydrogens is 813 g/mol. The number of rotatable bonds is 25. The van der Waals surface area contributed by atoms with E-state index in [1.807, 2.05) is 0 Å². The van der Waals surface area contributed by atoms with E-state index in [0.29, 0.717) is 0 Å². The van der Waals surface area contributed by atoms with Crippen molar-refractivity contribution in [3.8, 4) is 0 Å². The second-order valence-electron chi connectivity index (χ2n) is 18.1. The number of benzene rings is 2. The lowest BCUT2D eigenvalue weighted by Gasteiger charge is -2.36. The summed E-state index contributed by atoms with van der Waals surface area (Å²) >= 11 is 0. The molecule has 4 fully saturated rings. The van der Waals surface area contributed by atoms with Crippen LogP contribution >= 0.6 is 21.6 Å². The molecule has 6 rings (SSSR count). The van der Waals surface area contributed by atoms with Gasteiger partial charge in [-0.1, -0.05) is 73.0 Å². The SMILES string of the molecule is COC(=O)C1CCN(c2ccc(N3CCN(CCCCCCCCSSCCCCCCCCN4CCN(c5ccc(N6CCC(C(=O)OC)CC6)cc5)CC4)CC3)cc2)CC1. The van der Waals surface area contributed by atoms with Gasteiger partial charge < -0.3 is 29.1 Å². The van der Waals surface area contributed by atoms with Crippen molar-refractivity contribution in [2.45, 2.75) is 103 Å². The number of piperazine rings is 2. The Bertz CT molecular complexity index is 1420. The van der Waals surface area contributed by atoms with Crippen LogP contribution in [0.1, 0.15) is 103 Å². The number of esters is 2. The first-order valence-electron chi connectivity index (χ1n) is 24.6. The van der Waals surface area contributed by atoms with Crippen LogP contribution in [0.25, 0.3) is 0 Å². The van der Waals surface area contributed by atoms with Gasteiger partial charge in [0.1, 0.15) is 0 Å². The van der Waals surface area contributed by atoms with Crippen LogP contribution in [0.4, 0.5) is 22.7 Å². The minimum Gasteiger partial charge on any atom is -0.469 e. The van der Waals surface area contributed by atoms with E-state index >= 15 is 0 Å². The van der Waals surface area contributed by atoms with E-state index in [4.69, 9.17) is 9.47 Å². The van der Waals surface area contributed by atoms with Crippen LogP contribution in [0.15, 0.2) is 48.5 Å². The topological polar surface area (TPSA) is 72.0 Å². The summed E-state index contributed by atoms with van der Waals surface area (Å²) in [6.07, 6.45) is 20.0. The quantitative estimate of drug-likeness (QED) is 0.0542. The van der Waals surface area contributed by atoms with Crippen molar-refractivity contribution in [1.29, 1.82) is 0 Å². The Kier molecular flexibility index (Phi) is 21.6. The van der Waals surface area contributed by atoms with Gasteiger partial charge in [-0.25, -0.2) is 0 Å². The summed E-state index contributed by atoms with van der Waals surface area (Å²) in [7, 11) is 7.20. The van der Waals surface area contributed by atoms with Crippen molar-refractivity contribution in [3.05, 3.63) is 48.5 Å². The van der Waals surface area contributed by atoms with E-state index in [1.165, 1.54) is 165 Å². The Labute approximate surface area is 383 Å². The van der Waals surface area contributed by atoms with Gasteiger partial charge in [0.25, 0.3) is 0 Å². The molecule has 0 atom stereocenters. The molecule has 0 amide bonds. The second-order valence-corrected chi connectivity index (χ2v) is 20.8. The maximum absolute atomic E-state index is 11.9. The van der Waals surface area contributed by atoms with Gasteiger partial charge in [-0.15, -0.1) is 0 Å². The number of carbonyl (C=O) groups is 2. The number of hydrogen-bond donors (Lipinski definition) is 0. The van der Waals surface area contributed by atoms with Gasteiger partial charge in [-0.05, 0) is 113 Å². The van der Waals surface area contributed by atoms with Crippen LogP contribution in [-0.4, -0.2) is 139 Å². The van der Waals surface area contributed by atoms with Gasteiger partial charge in [0.2, 0.25) is 0 Å². The molecule has 12 heteroatoms. The third kappa shape index (κ3) is 16.0. The lowest BCUT2D eigenvalue weighted by atomic mass is 9.96. The molecule has 0 N–H and O–H groups in total. The summed E-state index contributed by atoms with van der Waals surface area (Å²) in [5.74, 6) is 2.62. The first-order chi connectivity index (χ1) is 30.5. The van der Waals surface area contributed by atoms with Crippen molar-refractivity contribution in [2.24, 2.45) is 11.8 Å². The van der Waals surface area contributed by atoms with Gasteiger partial charge in [0, 0.05) is 113 Å². The molecule has 0 aromatic heterocycles. The van der Waals surface area contributed by atoms with E-state index in [9.17, 15) is 9.59 Å². The van der Waals surface area contributed by atoms with Crippen LogP contribution in [0.2, 0.25) is 0 Å². The molecule has 2 aromatic carbocycles. The fraction of sp³-hybridized carbons (Fsp3) is 0.720. The Morgan fingerprint density at radius 3 is 1.00 bits per heavy atom. The van der Waals surface area contributed by atoms with Crippen LogP contribution in [0, 0.1) is 11.8 Å². The van der Waals surface area contributed by atoms with E-state index in [2.05, 4.69) is 99.5 Å². The van der Waals surface area contributed by atoms with Crippen LogP contribution in [0.5, 0.6) is 0 Å². The summed E-state index contributed by atoms with van der Waals surface area (Å²) in [5.41, 5.74) is 5.20. The van der Waals surface area contributed by atoms with Crippen LogP contribution < -0.4 is 19.6 Å². The highest BCUT2D eigenvalue weighted by Crippen LogP contribution is 2.29. The highest BCUT2D eigenvalue weighted by molar-refractivity contribution is 8.76. The largest absolute Gasteiger partial charge is 0.469 e. The monoisotopic (exact) mass is 893 g/mol. The van der Waals surface area contributed by atoms with Gasteiger partial charge in [-0.2, -0.15) is 0 Å². The third-order valence-corrected chi connectivity index (χ3v) is 16.5. The smallest absolute Gasteiger partial charge is 0.308 e. The molecule has 0 radical (unpaired) electrons. The maximum Gasteiger partial charge on any atom is 0.308 e. The van der Waals surface area contributed by atoms with Gasteiger partial charge >= 0.3 is 11.9 Å². The lowest BCUT2D eigenvalue weighted by Crippen LogP contribution is -2.46. The Morgan fingerprint density at radius 2 is 0.694 bits per heavy atom. The zero-order chi connectivity index (χ0) is 43.2. The number of piperidine rings is 2. The fourth-order valence-electron chi connectivity index (χ4n) is 9.81. The minimum atomic E-state index is -0.0570. The predicted molar refractivity (Wildman–Crippen MR) is 264 cm³/mol. The molecule has 4 heterocycles. The first-order valence-corrected chi connectivity index (χ1v) is 27.0. The molecule has 4 saturated heterocycles.